The van der Waals surface area contributed by atoms with Crippen molar-refractivity contribution in [2.24, 2.45) is 0 Å². The number of unbranched alkanes of at least 4 members (excludes halogenated alkanes) is 2. The van der Waals surface area contributed by atoms with Gasteiger partial charge in [-0.25, -0.2) is 13.1 Å². The lowest BCUT2D eigenvalue weighted by Crippen LogP contribution is -2.24. The maximum absolute atomic E-state index is 11.7. The average molecular weight is 238 g/mol. The molecule has 86 valence electrons. The summed E-state index contributed by atoms with van der Waals surface area (Å²) in [6.45, 7) is 0.402. The van der Waals surface area contributed by atoms with Gasteiger partial charge in [-0.05, 0) is 25.0 Å². The second-order valence-corrected chi connectivity index (χ2v) is 5.01. The molecule has 0 unspecified atom stereocenters. The van der Waals surface area contributed by atoms with E-state index in [0.717, 1.165) is 12.8 Å². The second-order valence-electron chi connectivity index (χ2n) is 3.25. The molecule has 1 aromatic heterocycles. The lowest BCUT2D eigenvalue weighted by Gasteiger charge is -2.05. The van der Waals surface area contributed by atoms with E-state index in [1.165, 1.54) is 18.5 Å². The molecule has 0 aliphatic rings. The molecular weight excluding hydrogens is 224 g/mol. The van der Waals surface area contributed by atoms with Gasteiger partial charge in [0.25, 0.3) is 0 Å². The van der Waals surface area contributed by atoms with Crippen molar-refractivity contribution in [3.05, 3.63) is 24.5 Å². The summed E-state index contributed by atoms with van der Waals surface area (Å²) in [6, 6.07) is 3.10. The second kappa shape index (κ2) is 6.26. The number of terminal acetylenes is 1. The number of pyridine rings is 1. The highest BCUT2D eigenvalue weighted by molar-refractivity contribution is 7.89. The van der Waals surface area contributed by atoms with E-state index >= 15 is 0 Å². The van der Waals surface area contributed by atoms with Crippen LogP contribution in [0.5, 0.6) is 0 Å². The first-order valence-electron chi connectivity index (χ1n) is 5.00. The van der Waals surface area contributed by atoms with Gasteiger partial charge in [0.2, 0.25) is 10.0 Å². The average Bonchev–Trinajstić information content (AvgIpc) is 2.30. The zero-order valence-electron chi connectivity index (χ0n) is 8.89. The van der Waals surface area contributed by atoms with Crippen LogP contribution in [0.2, 0.25) is 0 Å². The summed E-state index contributed by atoms with van der Waals surface area (Å²) in [7, 11) is -3.41. The molecule has 0 saturated heterocycles. The number of sulfonamides is 1. The normalized spacial score (nSPS) is 10.9. The van der Waals surface area contributed by atoms with E-state index in [2.05, 4.69) is 15.6 Å². The number of nitrogens with one attached hydrogen (secondary N) is 1. The van der Waals surface area contributed by atoms with Gasteiger partial charge < -0.3 is 0 Å². The Hall–Kier alpha value is -1.38. The molecule has 4 nitrogen and oxygen atoms in total. The van der Waals surface area contributed by atoms with Gasteiger partial charge >= 0.3 is 0 Å². The fourth-order valence-corrected chi connectivity index (χ4v) is 2.19. The molecule has 0 aromatic carbocycles. The number of rotatable bonds is 6. The van der Waals surface area contributed by atoms with Gasteiger partial charge in [-0.2, -0.15) is 0 Å². The van der Waals surface area contributed by atoms with Crippen LogP contribution in [0, 0.1) is 12.3 Å². The quantitative estimate of drug-likeness (QED) is 0.597. The van der Waals surface area contributed by atoms with Gasteiger partial charge in [-0.1, -0.05) is 0 Å². The molecule has 0 radical (unpaired) electrons. The third-order valence-corrected chi connectivity index (χ3v) is 3.43. The molecule has 0 spiro atoms. The van der Waals surface area contributed by atoms with Crippen molar-refractivity contribution in [1.29, 1.82) is 0 Å². The van der Waals surface area contributed by atoms with Crippen LogP contribution in [-0.4, -0.2) is 19.9 Å². The maximum atomic E-state index is 11.7. The first kappa shape index (κ1) is 12.7. The van der Waals surface area contributed by atoms with Crippen LogP contribution < -0.4 is 4.72 Å². The van der Waals surface area contributed by atoms with E-state index in [-0.39, 0.29) is 4.90 Å². The molecule has 0 bridgehead atoms. The summed E-state index contributed by atoms with van der Waals surface area (Å²) in [6.07, 6.45) is 10.2. The molecule has 16 heavy (non-hydrogen) atoms. The molecule has 0 atom stereocenters. The highest BCUT2D eigenvalue weighted by atomic mass is 32.2. The van der Waals surface area contributed by atoms with Crippen molar-refractivity contribution in [3.8, 4) is 12.3 Å². The van der Waals surface area contributed by atoms with Crippen LogP contribution in [0.4, 0.5) is 0 Å². The Morgan fingerprint density at radius 3 is 2.88 bits per heavy atom. The van der Waals surface area contributed by atoms with Crippen molar-refractivity contribution < 1.29 is 8.42 Å². The summed E-state index contributed by atoms with van der Waals surface area (Å²) in [5.41, 5.74) is 0. The number of nitrogens with zero attached hydrogens (tertiary/aromatic N) is 1. The number of hydrogen-bond acceptors (Lipinski definition) is 3. The van der Waals surface area contributed by atoms with Crippen LogP contribution in [0.15, 0.2) is 29.4 Å². The fraction of sp³-hybridized carbons (Fsp3) is 0.364. The minimum atomic E-state index is -3.41. The van der Waals surface area contributed by atoms with Crippen molar-refractivity contribution >= 4 is 10.0 Å². The van der Waals surface area contributed by atoms with Crippen LogP contribution in [0.3, 0.4) is 0 Å². The first-order valence-corrected chi connectivity index (χ1v) is 6.48. The van der Waals surface area contributed by atoms with Gasteiger partial charge in [0.05, 0.1) is 0 Å². The van der Waals surface area contributed by atoms with Crippen molar-refractivity contribution in [3.63, 3.8) is 0 Å². The Kier molecular flexibility index (Phi) is 4.96. The first-order chi connectivity index (χ1) is 7.67. The summed E-state index contributed by atoms with van der Waals surface area (Å²) >= 11 is 0. The molecule has 1 rings (SSSR count). The van der Waals surface area contributed by atoms with Crippen molar-refractivity contribution in [1.82, 2.24) is 9.71 Å². The molecule has 0 amide bonds. The summed E-state index contributed by atoms with van der Waals surface area (Å²) < 4.78 is 25.8. The van der Waals surface area contributed by atoms with Gasteiger partial charge in [0.15, 0.2) is 0 Å². The van der Waals surface area contributed by atoms with Gasteiger partial charge in [-0.15, -0.1) is 12.3 Å². The Morgan fingerprint density at radius 1 is 1.44 bits per heavy atom. The van der Waals surface area contributed by atoms with Gasteiger partial charge in [0, 0.05) is 25.4 Å². The van der Waals surface area contributed by atoms with Crippen LogP contribution >= 0.6 is 0 Å². The van der Waals surface area contributed by atoms with Crippen LogP contribution in [-0.2, 0) is 10.0 Å². The molecule has 0 aliphatic carbocycles. The maximum Gasteiger partial charge on any atom is 0.242 e. The lowest BCUT2D eigenvalue weighted by atomic mass is 10.2. The molecule has 0 aliphatic heterocycles. The van der Waals surface area contributed by atoms with Crippen molar-refractivity contribution in [2.75, 3.05) is 6.54 Å². The molecule has 5 heteroatoms. The smallest absolute Gasteiger partial charge is 0.242 e. The van der Waals surface area contributed by atoms with Gasteiger partial charge in [0.1, 0.15) is 4.90 Å². The monoisotopic (exact) mass is 238 g/mol. The van der Waals surface area contributed by atoms with Crippen LogP contribution in [0.25, 0.3) is 0 Å². The summed E-state index contributed by atoms with van der Waals surface area (Å²) in [4.78, 5) is 3.95. The van der Waals surface area contributed by atoms with E-state index in [4.69, 9.17) is 6.42 Å². The highest BCUT2D eigenvalue weighted by Crippen LogP contribution is 2.05. The standard InChI is InChI=1S/C11H14N2O2S/c1-2-3-4-5-9-13-16(14,15)11-7-6-8-12-10-11/h1,6-8,10,13H,3-5,9H2. The fourth-order valence-electron chi connectivity index (χ4n) is 1.15. The van der Waals surface area contributed by atoms with Crippen molar-refractivity contribution in [2.45, 2.75) is 24.2 Å². The molecule has 1 heterocycles. The predicted molar refractivity (Wildman–Crippen MR) is 62.1 cm³/mol. The Bertz CT molecular complexity index is 449. The lowest BCUT2D eigenvalue weighted by molar-refractivity contribution is 0.577. The SMILES string of the molecule is C#CCCCCNS(=O)(=O)c1cccnc1. The zero-order chi connectivity index (χ0) is 11.9. The molecule has 0 saturated carbocycles. The minimum absolute atomic E-state index is 0.187. The number of hydrogen-bond donors (Lipinski definition) is 1. The van der Waals surface area contributed by atoms with E-state index in [1.54, 1.807) is 6.07 Å². The third kappa shape index (κ3) is 4.01. The molecule has 1 aromatic rings. The van der Waals surface area contributed by atoms with E-state index < -0.39 is 10.0 Å². The summed E-state index contributed by atoms with van der Waals surface area (Å²) in [5, 5.41) is 0. The largest absolute Gasteiger partial charge is 0.263 e. The topological polar surface area (TPSA) is 59.1 Å². The summed E-state index contributed by atoms with van der Waals surface area (Å²) in [5.74, 6) is 2.51. The minimum Gasteiger partial charge on any atom is -0.263 e. The molecule has 1 N–H and O–H groups in total. The van der Waals surface area contributed by atoms with E-state index in [9.17, 15) is 8.42 Å². The van der Waals surface area contributed by atoms with E-state index in [0.29, 0.717) is 13.0 Å². The van der Waals surface area contributed by atoms with E-state index in [1.807, 2.05) is 0 Å². The van der Waals surface area contributed by atoms with Gasteiger partial charge in [-0.3, -0.25) is 4.98 Å². The Morgan fingerprint density at radius 2 is 2.25 bits per heavy atom. The predicted octanol–water partition coefficient (Wildman–Crippen LogP) is 1.16. The zero-order valence-corrected chi connectivity index (χ0v) is 9.70. The number of aromatic nitrogens is 1. The third-order valence-electron chi connectivity index (χ3n) is 1.98. The Balaban J connectivity index is 2.45. The van der Waals surface area contributed by atoms with Crippen LogP contribution in [0.1, 0.15) is 19.3 Å². The Labute approximate surface area is 96.2 Å². The molecule has 0 fully saturated rings. The molecular formula is C11H14N2O2S. The highest BCUT2D eigenvalue weighted by Gasteiger charge is 2.12.